The van der Waals surface area contributed by atoms with Gasteiger partial charge in [-0.2, -0.15) is 0 Å². The minimum absolute atomic E-state index is 0.0324. The van der Waals surface area contributed by atoms with Crippen LogP contribution in [0.4, 0.5) is 0 Å². The molecule has 3 rings (SSSR count). The Morgan fingerprint density at radius 1 is 1.40 bits per heavy atom. The van der Waals surface area contributed by atoms with Crippen LogP contribution in [0.2, 0.25) is 0 Å². The van der Waals surface area contributed by atoms with Crippen LogP contribution in [0.25, 0.3) is 0 Å². The summed E-state index contributed by atoms with van der Waals surface area (Å²) in [6.07, 6.45) is 7.32. The van der Waals surface area contributed by atoms with Crippen molar-refractivity contribution < 1.29 is 14.3 Å². The van der Waals surface area contributed by atoms with Gasteiger partial charge in [0.2, 0.25) is 5.91 Å². The molecule has 1 saturated heterocycles. The Kier molecular flexibility index (Phi) is 3.35. The average molecular weight is 277 g/mol. The highest BCUT2D eigenvalue weighted by molar-refractivity contribution is 6.00. The summed E-state index contributed by atoms with van der Waals surface area (Å²) < 4.78 is 4.82. The highest BCUT2D eigenvalue weighted by Crippen LogP contribution is 2.53. The maximum Gasteiger partial charge on any atom is 0.318 e. The molecule has 20 heavy (non-hydrogen) atoms. The van der Waals surface area contributed by atoms with Crippen molar-refractivity contribution in [1.29, 1.82) is 0 Å². The second kappa shape index (κ2) is 4.90. The topological polar surface area (TPSA) is 46.6 Å². The summed E-state index contributed by atoms with van der Waals surface area (Å²) in [7, 11) is 1.37. The Labute approximate surface area is 120 Å². The molecule has 1 fully saturated rings. The molecular formula is C16H23NO3. The van der Waals surface area contributed by atoms with E-state index in [4.69, 9.17) is 4.74 Å². The number of methoxy groups -OCH3 is 1. The number of esters is 1. The monoisotopic (exact) mass is 277 g/mol. The van der Waals surface area contributed by atoms with Crippen molar-refractivity contribution in [3.8, 4) is 0 Å². The first-order valence-corrected chi connectivity index (χ1v) is 7.74. The van der Waals surface area contributed by atoms with Gasteiger partial charge in [0.1, 0.15) is 5.92 Å². The van der Waals surface area contributed by atoms with Crippen LogP contribution in [-0.2, 0) is 14.3 Å². The van der Waals surface area contributed by atoms with Crippen LogP contribution in [0, 0.1) is 11.3 Å². The van der Waals surface area contributed by atoms with Gasteiger partial charge in [-0.15, -0.1) is 0 Å². The number of nitrogens with zero attached hydrogens (tertiary/aromatic N) is 1. The fourth-order valence-electron chi connectivity index (χ4n) is 4.45. The number of amides is 1. The van der Waals surface area contributed by atoms with E-state index in [0.29, 0.717) is 6.42 Å². The Morgan fingerprint density at radius 2 is 2.15 bits per heavy atom. The number of carbonyl (C=O) groups excluding carboxylic acids is 2. The van der Waals surface area contributed by atoms with Gasteiger partial charge in [-0.1, -0.05) is 6.92 Å². The summed E-state index contributed by atoms with van der Waals surface area (Å²) in [6, 6.07) is 0. The standard InChI is InChI=1S/C16H23NO3/c1-3-16-7-4-6-11-10-12(15(19)20-2)14(18)17(13(11)16)9-5-8-16/h12H,3-10H2,1-2H3. The van der Waals surface area contributed by atoms with Crippen LogP contribution in [0.15, 0.2) is 11.3 Å². The molecule has 1 aliphatic carbocycles. The largest absolute Gasteiger partial charge is 0.468 e. The first-order chi connectivity index (χ1) is 9.63. The van der Waals surface area contributed by atoms with E-state index in [1.165, 1.54) is 37.6 Å². The van der Waals surface area contributed by atoms with Gasteiger partial charge in [-0.3, -0.25) is 9.59 Å². The Bertz CT molecular complexity index is 482. The fourth-order valence-corrected chi connectivity index (χ4v) is 4.45. The second-order valence-electron chi connectivity index (χ2n) is 6.31. The van der Waals surface area contributed by atoms with Gasteiger partial charge in [0.15, 0.2) is 0 Å². The second-order valence-corrected chi connectivity index (χ2v) is 6.31. The molecule has 3 aliphatic rings. The van der Waals surface area contributed by atoms with Crippen molar-refractivity contribution in [1.82, 2.24) is 4.90 Å². The van der Waals surface area contributed by atoms with Crippen LogP contribution >= 0.6 is 0 Å². The lowest BCUT2D eigenvalue weighted by atomic mass is 9.64. The van der Waals surface area contributed by atoms with Crippen molar-refractivity contribution in [3.63, 3.8) is 0 Å². The maximum absolute atomic E-state index is 12.6. The zero-order chi connectivity index (χ0) is 14.3. The number of piperidine rings is 1. The van der Waals surface area contributed by atoms with E-state index in [9.17, 15) is 9.59 Å². The predicted molar refractivity (Wildman–Crippen MR) is 74.7 cm³/mol. The van der Waals surface area contributed by atoms with E-state index >= 15 is 0 Å². The smallest absolute Gasteiger partial charge is 0.318 e. The number of hydrogen-bond acceptors (Lipinski definition) is 3. The van der Waals surface area contributed by atoms with E-state index in [2.05, 4.69) is 6.92 Å². The van der Waals surface area contributed by atoms with E-state index < -0.39 is 5.92 Å². The van der Waals surface area contributed by atoms with Gasteiger partial charge in [-0.25, -0.2) is 0 Å². The molecule has 0 N–H and O–H groups in total. The fraction of sp³-hybridized carbons (Fsp3) is 0.750. The van der Waals surface area contributed by atoms with Crippen LogP contribution in [-0.4, -0.2) is 30.4 Å². The van der Waals surface area contributed by atoms with Crippen molar-refractivity contribution in [2.45, 2.75) is 51.9 Å². The van der Waals surface area contributed by atoms with Gasteiger partial charge >= 0.3 is 5.97 Å². The molecule has 0 saturated carbocycles. The van der Waals surface area contributed by atoms with E-state index in [0.717, 1.165) is 25.8 Å². The summed E-state index contributed by atoms with van der Waals surface area (Å²) in [5, 5.41) is 0. The predicted octanol–water partition coefficient (Wildman–Crippen LogP) is 2.64. The van der Waals surface area contributed by atoms with Crippen molar-refractivity contribution in [2.75, 3.05) is 13.7 Å². The number of allylic oxidation sites excluding steroid dienone is 2. The SMILES string of the molecule is CCC12CCCC3=C1N(CCC2)C(=O)C(C(=O)OC)C3. The highest BCUT2D eigenvalue weighted by atomic mass is 16.5. The third kappa shape index (κ3) is 1.80. The summed E-state index contributed by atoms with van der Waals surface area (Å²) >= 11 is 0. The number of ether oxygens (including phenoxy) is 1. The highest BCUT2D eigenvalue weighted by Gasteiger charge is 2.49. The van der Waals surface area contributed by atoms with E-state index in [1.807, 2.05) is 4.90 Å². The molecule has 2 heterocycles. The molecule has 4 nitrogen and oxygen atoms in total. The normalized spacial score (nSPS) is 33.0. The van der Waals surface area contributed by atoms with Gasteiger partial charge in [0.05, 0.1) is 7.11 Å². The molecule has 0 bridgehead atoms. The lowest BCUT2D eigenvalue weighted by Gasteiger charge is -2.51. The maximum atomic E-state index is 12.6. The summed E-state index contributed by atoms with van der Waals surface area (Å²) in [5.41, 5.74) is 2.82. The van der Waals surface area contributed by atoms with E-state index in [1.54, 1.807) is 0 Å². The lowest BCUT2D eigenvalue weighted by Crippen LogP contribution is -2.52. The molecule has 0 aromatic carbocycles. The van der Waals surface area contributed by atoms with Gasteiger partial charge in [0, 0.05) is 17.7 Å². The molecule has 0 radical (unpaired) electrons. The van der Waals surface area contributed by atoms with Crippen molar-refractivity contribution in [2.24, 2.45) is 11.3 Å². The zero-order valence-electron chi connectivity index (χ0n) is 12.4. The Balaban J connectivity index is 2.04. The summed E-state index contributed by atoms with van der Waals surface area (Å²) in [6.45, 7) is 3.00. The van der Waals surface area contributed by atoms with Crippen molar-refractivity contribution in [3.05, 3.63) is 11.3 Å². The molecule has 2 atom stereocenters. The minimum atomic E-state index is -0.607. The van der Waals surface area contributed by atoms with Gasteiger partial charge < -0.3 is 9.64 Å². The molecule has 0 aromatic rings. The first-order valence-electron chi connectivity index (χ1n) is 7.74. The van der Waals surface area contributed by atoms with Crippen LogP contribution in [0.1, 0.15) is 51.9 Å². The van der Waals surface area contributed by atoms with Crippen LogP contribution in [0.3, 0.4) is 0 Å². The van der Waals surface area contributed by atoms with E-state index in [-0.39, 0.29) is 17.3 Å². The van der Waals surface area contributed by atoms with Gasteiger partial charge in [0.25, 0.3) is 0 Å². The van der Waals surface area contributed by atoms with Gasteiger partial charge in [-0.05, 0) is 50.5 Å². The quantitative estimate of drug-likeness (QED) is 0.576. The molecule has 0 spiro atoms. The molecule has 2 aliphatic heterocycles. The molecule has 1 amide bonds. The number of hydrogen-bond donors (Lipinski definition) is 0. The first kappa shape index (κ1) is 13.7. The average Bonchev–Trinajstić information content (AvgIpc) is 2.49. The third-order valence-electron chi connectivity index (χ3n) is 5.46. The summed E-state index contributed by atoms with van der Waals surface area (Å²) in [4.78, 5) is 26.4. The Morgan fingerprint density at radius 3 is 2.85 bits per heavy atom. The molecule has 0 aromatic heterocycles. The molecule has 4 heteroatoms. The summed E-state index contributed by atoms with van der Waals surface area (Å²) in [5.74, 6) is -1.01. The number of rotatable bonds is 2. The number of carbonyl (C=O) groups is 2. The Hall–Kier alpha value is -1.32. The lowest BCUT2D eigenvalue weighted by molar-refractivity contribution is -0.155. The van der Waals surface area contributed by atoms with Crippen LogP contribution < -0.4 is 0 Å². The van der Waals surface area contributed by atoms with Crippen molar-refractivity contribution >= 4 is 11.9 Å². The zero-order valence-corrected chi connectivity index (χ0v) is 12.4. The molecule has 2 unspecified atom stereocenters. The molecular weight excluding hydrogens is 254 g/mol. The van der Waals surface area contributed by atoms with Crippen LogP contribution in [0.5, 0.6) is 0 Å². The third-order valence-corrected chi connectivity index (χ3v) is 5.46. The minimum Gasteiger partial charge on any atom is -0.468 e. The molecule has 110 valence electrons.